The zero-order valence-electron chi connectivity index (χ0n) is 17.8. The first-order valence-corrected chi connectivity index (χ1v) is 12.0. The number of hydrogen-bond acceptors (Lipinski definition) is 6. The van der Waals surface area contributed by atoms with Crippen LogP contribution in [0.25, 0.3) is 10.2 Å². The average Bonchev–Trinajstić information content (AvgIpc) is 3.10. The lowest BCUT2D eigenvalue weighted by Crippen LogP contribution is -2.26. The summed E-state index contributed by atoms with van der Waals surface area (Å²) in [5.41, 5.74) is 2.24. The fourth-order valence-corrected chi connectivity index (χ4v) is 6.15. The summed E-state index contributed by atoms with van der Waals surface area (Å²) < 4.78 is 0. The van der Waals surface area contributed by atoms with Gasteiger partial charge in [0.1, 0.15) is 16.2 Å². The van der Waals surface area contributed by atoms with Crippen molar-refractivity contribution in [1.29, 1.82) is 0 Å². The summed E-state index contributed by atoms with van der Waals surface area (Å²) in [4.78, 5) is 34.9. The zero-order chi connectivity index (χ0) is 22.2. The number of hydrogen-bond donors (Lipinski definition) is 2. The average molecular weight is 456 g/mol. The number of carboxylic acid groups (broad SMARTS) is 1. The van der Waals surface area contributed by atoms with Crippen LogP contribution in [-0.4, -0.2) is 32.7 Å². The Morgan fingerprint density at radius 2 is 2.10 bits per heavy atom. The standard InChI is InChI=1S/C23H25N3O3S2/c1-23(2,3)14-7-8-16-17(10-14)31-21-19(16)20(24-12-25-21)30-11-18(27)26-15-6-4-5-13(9-15)22(28)29/h4-6,9,12,14H,7-8,10-11H2,1-3H3,(H,26,27)(H,28,29). The van der Waals surface area contributed by atoms with Crippen molar-refractivity contribution in [2.24, 2.45) is 11.3 Å². The molecular weight excluding hydrogens is 430 g/mol. The van der Waals surface area contributed by atoms with Gasteiger partial charge in [-0.15, -0.1) is 11.3 Å². The molecule has 6 nitrogen and oxygen atoms in total. The van der Waals surface area contributed by atoms with Crippen LogP contribution < -0.4 is 5.32 Å². The Morgan fingerprint density at radius 1 is 1.29 bits per heavy atom. The molecule has 2 aromatic heterocycles. The summed E-state index contributed by atoms with van der Waals surface area (Å²) in [5.74, 6) is -0.371. The normalized spacial score (nSPS) is 16.2. The smallest absolute Gasteiger partial charge is 0.335 e. The molecule has 1 aliphatic rings. The van der Waals surface area contributed by atoms with Crippen molar-refractivity contribution in [3.05, 3.63) is 46.6 Å². The van der Waals surface area contributed by atoms with Gasteiger partial charge in [-0.1, -0.05) is 38.6 Å². The topological polar surface area (TPSA) is 92.2 Å². The molecular formula is C23H25N3O3S2. The summed E-state index contributed by atoms with van der Waals surface area (Å²) in [5, 5.41) is 13.8. The molecule has 2 N–H and O–H groups in total. The second-order valence-electron chi connectivity index (χ2n) is 8.89. The van der Waals surface area contributed by atoms with Crippen LogP contribution >= 0.6 is 23.1 Å². The van der Waals surface area contributed by atoms with Crippen LogP contribution in [0.5, 0.6) is 0 Å². The van der Waals surface area contributed by atoms with E-state index < -0.39 is 5.97 Å². The number of aromatic nitrogens is 2. The van der Waals surface area contributed by atoms with Crippen LogP contribution in [-0.2, 0) is 17.6 Å². The third-order valence-corrected chi connectivity index (χ3v) is 7.92. The van der Waals surface area contributed by atoms with Gasteiger partial charge in [0.15, 0.2) is 0 Å². The van der Waals surface area contributed by atoms with Gasteiger partial charge >= 0.3 is 5.97 Å². The van der Waals surface area contributed by atoms with Gasteiger partial charge in [-0.2, -0.15) is 0 Å². The van der Waals surface area contributed by atoms with Crippen molar-refractivity contribution in [2.75, 3.05) is 11.1 Å². The van der Waals surface area contributed by atoms with Gasteiger partial charge in [0.25, 0.3) is 0 Å². The van der Waals surface area contributed by atoms with Crippen LogP contribution in [0.15, 0.2) is 35.6 Å². The SMILES string of the molecule is CC(C)(C)C1CCc2c(sc3ncnc(SCC(=O)Nc4cccc(C(=O)O)c4)c23)C1. The molecule has 1 amide bonds. The van der Waals surface area contributed by atoms with Crippen LogP contribution in [0.2, 0.25) is 0 Å². The summed E-state index contributed by atoms with van der Waals surface area (Å²) in [6.45, 7) is 6.92. The number of carboxylic acids is 1. The number of thioether (sulfide) groups is 1. The molecule has 0 spiro atoms. The summed E-state index contributed by atoms with van der Waals surface area (Å²) in [7, 11) is 0. The van der Waals surface area contributed by atoms with Gasteiger partial charge in [0.05, 0.1) is 11.3 Å². The minimum Gasteiger partial charge on any atom is -0.478 e. The Labute approximate surface area is 189 Å². The van der Waals surface area contributed by atoms with E-state index >= 15 is 0 Å². The van der Waals surface area contributed by atoms with Crippen molar-refractivity contribution < 1.29 is 14.7 Å². The number of amides is 1. The molecule has 1 unspecified atom stereocenters. The molecule has 3 aromatic rings. The fourth-order valence-electron chi connectivity index (χ4n) is 3.99. The van der Waals surface area contributed by atoms with Gasteiger partial charge in [-0.25, -0.2) is 14.8 Å². The Kier molecular flexibility index (Phi) is 6.03. The number of nitrogens with one attached hydrogen (secondary N) is 1. The van der Waals surface area contributed by atoms with Crippen molar-refractivity contribution >= 4 is 50.9 Å². The van der Waals surface area contributed by atoms with Crippen molar-refractivity contribution in [3.8, 4) is 0 Å². The maximum atomic E-state index is 12.5. The number of nitrogens with zero attached hydrogens (tertiary/aromatic N) is 2. The van der Waals surface area contributed by atoms with E-state index in [0.717, 1.165) is 34.5 Å². The van der Waals surface area contributed by atoms with E-state index in [1.807, 2.05) is 0 Å². The van der Waals surface area contributed by atoms with E-state index in [1.54, 1.807) is 29.8 Å². The predicted molar refractivity (Wildman–Crippen MR) is 125 cm³/mol. The van der Waals surface area contributed by atoms with Crippen molar-refractivity contribution in [3.63, 3.8) is 0 Å². The number of thiophene rings is 1. The third kappa shape index (κ3) is 4.75. The van der Waals surface area contributed by atoms with Crippen LogP contribution in [0.1, 0.15) is 48.0 Å². The fraction of sp³-hybridized carbons (Fsp3) is 0.391. The first kappa shape index (κ1) is 21.8. The maximum absolute atomic E-state index is 12.5. The van der Waals surface area contributed by atoms with Gasteiger partial charge in [-0.05, 0) is 54.4 Å². The van der Waals surface area contributed by atoms with Crippen molar-refractivity contribution in [1.82, 2.24) is 9.97 Å². The van der Waals surface area contributed by atoms with E-state index in [1.165, 1.54) is 34.3 Å². The zero-order valence-corrected chi connectivity index (χ0v) is 19.4. The summed E-state index contributed by atoms with van der Waals surface area (Å²) in [6.07, 6.45) is 4.82. The van der Waals surface area contributed by atoms with Gasteiger partial charge < -0.3 is 10.4 Å². The van der Waals surface area contributed by atoms with Crippen LogP contribution in [0.4, 0.5) is 5.69 Å². The number of carbonyl (C=O) groups excluding carboxylic acids is 1. The lowest BCUT2D eigenvalue weighted by atomic mass is 9.72. The Balaban J connectivity index is 1.49. The Hall–Kier alpha value is -2.45. The molecule has 1 atom stereocenters. The minimum absolute atomic E-state index is 0.140. The lowest BCUT2D eigenvalue weighted by Gasteiger charge is -2.33. The Bertz CT molecular complexity index is 1150. The van der Waals surface area contributed by atoms with E-state index in [2.05, 4.69) is 36.1 Å². The number of rotatable bonds is 5. The highest BCUT2D eigenvalue weighted by molar-refractivity contribution is 8.00. The molecule has 31 heavy (non-hydrogen) atoms. The molecule has 8 heteroatoms. The third-order valence-electron chi connectivity index (χ3n) is 5.77. The number of fused-ring (bicyclic) bond motifs is 3. The Morgan fingerprint density at radius 3 is 2.84 bits per heavy atom. The maximum Gasteiger partial charge on any atom is 0.335 e. The van der Waals surface area contributed by atoms with E-state index in [9.17, 15) is 9.59 Å². The molecule has 4 rings (SSSR count). The summed E-state index contributed by atoms with van der Waals surface area (Å²) in [6, 6.07) is 6.24. The first-order valence-electron chi connectivity index (χ1n) is 10.2. The second kappa shape index (κ2) is 8.59. The second-order valence-corrected chi connectivity index (χ2v) is 10.9. The predicted octanol–water partition coefficient (Wildman–Crippen LogP) is 5.27. The van der Waals surface area contributed by atoms with E-state index in [4.69, 9.17) is 5.11 Å². The quantitative estimate of drug-likeness (QED) is 0.402. The van der Waals surface area contributed by atoms with Gasteiger partial charge in [0, 0.05) is 16.0 Å². The number of carbonyl (C=O) groups is 2. The highest BCUT2D eigenvalue weighted by Crippen LogP contribution is 2.44. The molecule has 1 aromatic carbocycles. The molecule has 0 bridgehead atoms. The lowest BCUT2D eigenvalue weighted by molar-refractivity contribution is -0.113. The molecule has 2 heterocycles. The molecule has 0 saturated carbocycles. The molecule has 0 radical (unpaired) electrons. The van der Waals surface area contributed by atoms with Gasteiger partial charge in [0.2, 0.25) is 5.91 Å². The van der Waals surface area contributed by atoms with Crippen molar-refractivity contribution in [2.45, 2.75) is 45.1 Å². The number of aryl methyl sites for hydroxylation is 1. The number of benzene rings is 1. The highest BCUT2D eigenvalue weighted by Gasteiger charge is 2.31. The number of aromatic carboxylic acids is 1. The highest BCUT2D eigenvalue weighted by atomic mass is 32.2. The molecule has 1 aliphatic carbocycles. The monoisotopic (exact) mass is 455 g/mol. The molecule has 0 aliphatic heterocycles. The first-order chi connectivity index (χ1) is 14.7. The van der Waals surface area contributed by atoms with Gasteiger partial charge in [-0.3, -0.25) is 4.79 Å². The van der Waals surface area contributed by atoms with Crippen LogP contribution in [0.3, 0.4) is 0 Å². The number of anilines is 1. The molecule has 0 saturated heterocycles. The van der Waals surface area contributed by atoms with Crippen LogP contribution in [0, 0.1) is 11.3 Å². The van der Waals surface area contributed by atoms with E-state index in [0.29, 0.717) is 11.6 Å². The molecule has 0 fully saturated rings. The largest absolute Gasteiger partial charge is 0.478 e. The molecule has 162 valence electrons. The van der Waals surface area contributed by atoms with E-state index in [-0.39, 0.29) is 22.6 Å². The summed E-state index contributed by atoms with van der Waals surface area (Å²) >= 11 is 3.15. The minimum atomic E-state index is -1.02.